The Hall–Kier alpha value is -1.73. The van der Waals surface area contributed by atoms with E-state index in [0.29, 0.717) is 0 Å². The molecule has 0 spiro atoms. The molecule has 0 fully saturated rings. The Morgan fingerprint density at radius 2 is 1.33 bits per heavy atom. The van der Waals surface area contributed by atoms with Gasteiger partial charge >= 0.3 is 134 Å². The van der Waals surface area contributed by atoms with Crippen LogP contribution in [0.5, 0.6) is 0 Å². The molecule has 2 aromatic carbocycles. The van der Waals surface area contributed by atoms with Crippen LogP contribution in [0.4, 0.5) is 5.69 Å². The van der Waals surface area contributed by atoms with Gasteiger partial charge in [-0.1, -0.05) is 0 Å². The molecule has 0 aliphatic heterocycles. The topological polar surface area (TPSA) is 24.7 Å². The van der Waals surface area contributed by atoms with Gasteiger partial charge < -0.3 is 0 Å². The van der Waals surface area contributed by atoms with E-state index in [1.54, 1.807) is 6.20 Å². The second kappa shape index (κ2) is 6.82. The number of rotatable bonds is 3. The van der Waals surface area contributed by atoms with Gasteiger partial charge in [-0.15, -0.1) is 0 Å². The molecule has 0 heterocycles. The van der Waals surface area contributed by atoms with Crippen molar-refractivity contribution in [1.82, 2.24) is 0 Å². The fraction of sp³-hybridized carbons (Fsp3) is 0.222. The molecule has 0 amide bonds. The molecule has 0 bridgehead atoms. The zero-order valence-corrected chi connectivity index (χ0v) is 13.7. The van der Waals surface area contributed by atoms with Crippen molar-refractivity contribution >= 4 is 10.2 Å². The zero-order valence-electron chi connectivity index (χ0n) is 12.8. The third-order valence-electron chi connectivity index (χ3n) is 3.46. The van der Waals surface area contributed by atoms with E-state index >= 15 is 0 Å². The SMILES string of the molecule is Cc1cccc(C)c1N=NC=[C]([Ni])c1c(C)cccc1C. The average Bonchev–Trinajstić information content (AvgIpc) is 2.42. The molecule has 0 aliphatic rings. The predicted molar refractivity (Wildman–Crippen MR) is 84.3 cm³/mol. The van der Waals surface area contributed by atoms with Crippen molar-refractivity contribution in [3.05, 3.63) is 70.4 Å². The molecule has 0 radical (unpaired) electrons. The molecule has 2 nitrogen and oxygen atoms in total. The van der Waals surface area contributed by atoms with Crippen LogP contribution in [0.15, 0.2) is 52.8 Å². The fourth-order valence-electron chi connectivity index (χ4n) is 2.33. The summed E-state index contributed by atoms with van der Waals surface area (Å²) >= 11 is 5.13. The summed E-state index contributed by atoms with van der Waals surface area (Å²) in [6.45, 7) is 8.21. The molecule has 0 saturated carbocycles. The summed E-state index contributed by atoms with van der Waals surface area (Å²) in [5.74, 6) is 0. The van der Waals surface area contributed by atoms with Crippen LogP contribution >= 0.6 is 0 Å². The van der Waals surface area contributed by atoms with Gasteiger partial charge in [-0.2, -0.15) is 0 Å². The van der Waals surface area contributed by atoms with Gasteiger partial charge in [0.1, 0.15) is 0 Å². The molecule has 0 aromatic heterocycles. The Morgan fingerprint density at radius 1 is 0.857 bits per heavy atom. The van der Waals surface area contributed by atoms with Crippen molar-refractivity contribution < 1.29 is 15.5 Å². The second-order valence-corrected chi connectivity index (χ2v) is 5.70. The molecule has 0 aliphatic carbocycles. The molecule has 2 aromatic rings. The molecule has 111 valence electrons. The van der Waals surface area contributed by atoms with Crippen molar-refractivity contribution in [2.45, 2.75) is 27.7 Å². The second-order valence-electron chi connectivity index (χ2n) is 5.17. The molecule has 0 unspecified atom stereocenters. The molecule has 0 N–H and O–H groups in total. The van der Waals surface area contributed by atoms with Crippen LogP contribution in [0.1, 0.15) is 27.8 Å². The molecule has 3 heteroatoms. The first kappa shape index (κ1) is 15.7. The van der Waals surface area contributed by atoms with E-state index in [4.69, 9.17) is 15.5 Å². The van der Waals surface area contributed by atoms with Gasteiger partial charge in [0.2, 0.25) is 0 Å². The number of benzene rings is 2. The first-order chi connectivity index (χ1) is 10.0. The van der Waals surface area contributed by atoms with Crippen LogP contribution in [0.3, 0.4) is 0 Å². The van der Waals surface area contributed by atoms with Gasteiger partial charge in [-0.25, -0.2) is 0 Å². The standard InChI is InChI=1S/C18H19N2.Ni/c1-13-7-5-8-14(2)17(13)11-12-19-20-18-15(3)9-6-10-16(18)4;/h5-10,12H,1-4H3;. The number of nitrogens with zero attached hydrogens (tertiary/aromatic N) is 2. The van der Waals surface area contributed by atoms with Crippen molar-refractivity contribution in [2.75, 3.05) is 0 Å². The number of hydrogen-bond acceptors (Lipinski definition) is 2. The Balaban J connectivity index is 2.31. The number of aryl methyl sites for hydroxylation is 4. The first-order valence-electron chi connectivity index (χ1n) is 6.87. The summed E-state index contributed by atoms with van der Waals surface area (Å²) in [6.07, 6.45) is 1.68. The van der Waals surface area contributed by atoms with Gasteiger partial charge in [0.15, 0.2) is 0 Å². The molecular formula is C18H19N2Ni. The van der Waals surface area contributed by atoms with Gasteiger partial charge in [-0.3, -0.25) is 0 Å². The van der Waals surface area contributed by atoms with E-state index in [9.17, 15) is 0 Å². The van der Waals surface area contributed by atoms with E-state index in [-0.39, 0.29) is 0 Å². The average molecular weight is 322 g/mol. The van der Waals surface area contributed by atoms with Gasteiger partial charge in [0.25, 0.3) is 0 Å². The van der Waals surface area contributed by atoms with Crippen molar-refractivity contribution in [1.29, 1.82) is 0 Å². The summed E-state index contributed by atoms with van der Waals surface area (Å²) in [5, 5.41) is 8.51. The minimum absolute atomic E-state index is 0.764. The summed E-state index contributed by atoms with van der Waals surface area (Å²) in [4.78, 5) is 0. The van der Waals surface area contributed by atoms with Crippen LogP contribution in [-0.2, 0) is 15.5 Å². The zero-order chi connectivity index (χ0) is 15.4. The van der Waals surface area contributed by atoms with E-state index in [1.165, 1.54) is 11.1 Å². The third-order valence-corrected chi connectivity index (χ3v) is 3.84. The van der Waals surface area contributed by atoms with Gasteiger partial charge in [-0.05, 0) is 0 Å². The summed E-state index contributed by atoms with van der Waals surface area (Å²) in [5.41, 5.74) is 6.60. The van der Waals surface area contributed by atoms with Crippen LogP contribution in [0, 0.1) is 27.7 Å². The summed E-state index contributed by atoms with van der Waals surface area (Å²) < 4.78 is 0.764. The third kappa shape index (κ3) is 3.68. The van der Waals surface area contributed by atoms with Crippen LogP contribution < -0.4 is 0 Å². The first-order valence-corrected chi connectivity index (χ1v) is 7.36. The quantitative estimate of drug-likeness (QED) is 0.523. The van der Waals surface area contributed by atoms with Crippen molar-refractivity contribution in [2.24, 2.45) is 10.2 Å². The maximum atomic E-state index is 5.13. The molecule has 0 atom stereocenters. The minimum atomic E-state index is 0.764. The predicted octanol–water partition coefficient (Wildman–Crippen LogP) is 5.55. The maximum absolute atomic E-state index is 5.13. The summed E-state index contributed by atoms with van der Waals surface area (Å²) in [6, 6.07) is 12.3. The summed E-state index contributed by atoms with van der Waals surface area (Å²) in [7, 11) is 0. The van der Waals surface area contributed by atoms with Gasteiger partial charge in [0.05, 0.1) is 0 Å². The van der Waals surface area contributed by atoms with E-state index < -0.39 is 0 Å². The fourth-order valence-corrected chi connectivity index (χ4v) is 2.77. The Morgan fingerprint density at radius 3 is 1.86 bits per heavy atom. The van der Waals surface area contributed by atoms with Crippen LogP contribution in [-0.4, -0.2) is 0 Å². The van der Waals surface area contributed by atoms with E-state index in [0.717, 1.165) is 26.9 Å². The van der Waals surface area contributed by atoms with Crippen LogP contribution in [0.2, 0.25) is 0 Å². The Labute approximate surface area is 134 Å². The number of hydrogen-bond donors (Lipinski definition) is 0. The normalized spacial score (nSPS) is 12.2. The van der Waals surface area contributed by atoms with Crippen molar-refractivity contribution in [3.63, 3.8) is 0 Å². The number of azo groups is 1. The molecule has 21 heavy (non-hydrogen) atoms. The molecular weight excluding hydrogens is 303 g/mol. The molecule has 2 rings (SSSR count). The monoisotopic (exact) mass is 321 g/mol. The van der Waals surface area contributed by atoms with E-state index in [2.05, 4.69) is 36.2 Å². The Kier molecular flexibility index (Phi) is 5.09. The molecule has 0 saturated heterocycles. The van der Waals surface area contributed by atoms with Crippen LogP contribution in [0.25, 0.3) is 4.54 Å². The van der Waals surface area contributed by atoms with Crippen molar-refractivity contribution in [3.8, 4) is 0 Å². The van der Waals surface area contributed by atoms with Gasteiger partial charge in [0, 0.05) is 0 Å². The van der Waals surface area contributed by atoms with E-state index in [1.807, 2.05) is 38.1 Å². The Bertz CT molecular complexity index is 675.